The molecule has 0 saturated heterocycles. The number of aliphatic hydroxyl groups is 9. The van der Waals surface area contributed by atoms with Gasteiger partial charge >= 0.3 is 0 Å². The molecule has 270 valence electrons. The molecule has 0 aromatic carbocycles. The zero-order chi connectivity index (χ0) is 34.9. The Labute approximate surface area is 268 Å². The van der Waals surface area contributed by atoms with Gasteiger partial charge in [0.1, 0.15) is 18.3 Å². The van der Waals surface area contributed by atoms with Crippen LogP contribution in [0, 0.1) is 0 Å². The number of carbonyl (C=O) groups is 3. The van der Waals surface area contributed by atoms with Crippen LogP contribution in [0.1, 0.15) is 71.1 Å². The monoisotopic (exact) mass is 670 g/mol. The first-order valence-electron chi connectivity index (χ1n) is 15.5. The van der Waals surface area contributed by atoms with Gasteiger partial charge in [-0.15, -0.1) is 0 Å². The van der Waals surface area contributed by atoms with E-state index in [0.29, 0.717) is 51.5 Å². The number of carbonyl (C=O) groups excluding carboxylic acids is 3. The van der Waals surface area contributed by atoms with Crippen molar-refractivity contribution in [2.24, 2.45) is 0 Å². The van der Waals surface area contributed by atoms with Crippen LogP contribution in [-0.2, 0) is 28.6 Å². The Morgan fingerprint density at radius 2 is 1.35 bits per heavy atom. The van der Waals surface area contributed by atoms with Crippen LogP contribution in [0.2, 0.25) is 0 Å². The summed E-state index contributed by atoms with van der Waals surface area (Å²) in [6.45, 7) is -0.309. The standard InChI is InChI=1S/C29H54N2O15/c1-19(36)20(31-25(40)10-4-7-15-45-29(43)28(42)27(41)21(37)11-13-32)8-2-5-12-30-24(39)9-3-6-14-44-26(18-35)46-23(17-34)22(38)16-33/h20-23,26,29,32-35,37-38,41-43H,2-18H2,1H3,(H,30,39)(H,31,40)/b28-27+. The summed E-state index contributed by atoms with van der Waals surface area (Å²) in [5.74, 6) is -2.60. The molecule has 6 atom stereocenters. The van der Waals surface area contributed by atoms with Crippen LogP contribution in [0.25, 0.3) is 0 Å². The second-order valence-corrected chi connectivity index (χ2v) is 10.6. The van der Waals surface area contributed by atoms with Gasteiger partial charge in [0.05, 0.1) is 32.5 Å². The minimum absolute atomic E-state index is 0.0691. The van der Waals surface area contributed by atoms with Gasteiger partial charge in [0.25, 0.3) is 0 Å². The lowest BCUT2D eigenvalue weighted by atomic mass is 10.1. The molecule has 11 N–H and O–H groups in total. The summed E-state index contributed by atoms with van der Waals surface area (Å²) in [6.07, 6.45) is -3.71. The minimum atomic E-state index is -1.89. The maximum atomic E-state index is 12.3. The van der Waals surface area contributed by atoms with E-state index in [2.05, 4.69) is 10.6 Å². The third-order valence-electron chi connectivity index (χ3n) is 6.73. The Kier molecular flexibility index (Phi) is 25.2. The highest BCUT2D eigenvalue weighted by atomic mass is 16.7. The first-order valence-corrected chi connectivity index (χ1v) is 15.5. The average molecular weight is 671 g/mol. The highest BCUT2D eigenvalue weighted by Crippen LogP contribution is 2.13. The smallest absolute Gasteiger partial charge is 0.220 e. The van der Waals surface area contributed by atoms with Crippen molar-refractivity contribution in [3.05, 3.63) is 11.5 Å². The molecule has 17 heteroatoms. The molecule has 0 heterocycles. The lowest BCUT2D eigenvalue weighted by Gasteiger charge is -2.25. The summed E-state index contributed by atoms with van der Waals surface area (Å²) < 4.78 is 15.5. The van der Waals surface area contributed by atoms with Gasteiger partial charge in [0, 0.05) is 39.0 Å². The number of rotatable bonds is 29. The van der Waals surface area contributed by atoms with Crippen LogP contribution in [0.4, 0.5) is 0 Å². The Bertz CT molecular complexity index is 876. The zero-order valence-electron chi connectivity index (χ0n) is 26.5. The van der Waals surface area contributed by atoms with Crippen LogP contribution < -0.4 is 10.6 Å². The number of ketones is 1. The van der Waals surface area contributed by atoms with E-state index in [1.807, 2.05) is 0 Å². The third kappa shape index (κ3) is 19.9. The van der Waals surface area contributed by atoms with Crippen molar-refractivity contribution >= 4 is 17.6 Å². The SMILES string of the molecule is CC(=O)C(CCCCNC(=O)CCCCOC(CO)OC(CO)C(O)CO)NC(=O)CCCCOC(O)/C(O)=C(\O)C(O)CCO. The van der Waals surface area contributed by atoms with Crippen molar-refractivity contribution in [2.75, 3.05) is 46.2 Å². The number of nitrogens with one attached hydrogen (secondary N) is 2. The maximum Gasteiger partial charge on any atom is 0.220 e. The van der Waals surface area contributed by atoms with Crippen molar-refractivity contribution in [2.45, 2.75) is 108 Å². The van der Waals surface area contributed by atoms with Crippen molar-refractivity contribution in [3.8, 4) is 0 Å². The van der Waals surface area contributed by atoms with Gasteiger partial charge < -0.3 is 70.8 Å². The first kappa shape index (κ1) is 43.5. The molecule has 0 spiro atoms. The predicted molar refractivity (Wildman–Crippen MR) is 161 cm³/mol. The van der Waals surface area contributed by atoms with Crippen molar-refractivity contribution in [3.63, 3.8) is 0 Å². The van der Waals surface area contributed by atoms with Gasteiger partial charge in [-0.25, -0.2) is 0 Å². The van der Waals surface area contributed by atoms with Crippen molar-refractivity contribution in [1.29, 1.82) is 0 Å². The van der Waals surface area contributed by atoms with Gasteiger partial charge in [-0.3, -0.25) is 14.4 Å². The summed E-state index contributed by atoms with van der Waals surface area (Å²) in [5, 5.41) is 89.8. The van der Waals surface area contributed by atoms with E-state index in [1.165, 1.54) is 6.92 Å². The molecule has 0 rings (SSSR count). The summed E-state index contributed by atoms with van der Waals surface area (Å²) in [7, 11) is 0. The van der Waals surface area contributed by atoms with Crippen LogP contribution in [0.3, 0.4) is 0 Å². The highest BCUT2D eigenvalue weighted by molar-refractivity contribution is 5.87. The molecular weight excluding hydrogens is 616 g/mol. The molecule has 0 aromatic heterocycles. The predicted octanol–water partition coefficient (Wildman–Crippen LogP) is -1.84. The fraction of sp³-hybridized carbons (Fsp3) is 0.828. The van der Waals surface area contributed by atoms with Gasteiger partial charge in [0.15, 0.2) is 23.6 Å². The molecule has 0 aromatic rings. The van der Waals surface area contributed by atoms with E-state index >= 15 is 0 Å². The number of Topliss-reactive ketones (excluding diaryl/α,β-unsaturated/α-hetero) is 1. The number of hydrogen-bond donors (Lipinski definition) is 11. The van der Waals surface area contributed by atoms with Crippen LogP contribution >= 0.6 is 0 Å². The average Bonchev–Trinajstić information content (AvgIpc) is 3.03. The van der Waals surface area contributed by atoms with E-state index in [4.69, 9.17) is 24.4 Å². The fourth-order valence-corrected chi connectivity index (χ4v) is 3.96. The van der Waals surface area contributed by atoms with E-state index in [1.54, 1.807) is 0 Å². The molecule has 2 amide bonds. The maximum absolute atomic E-state index is 12.3. The van der Waals surface area contributed by atoms with E-state index in [-0.39, 0.29) is 50.1 Å². The molecule has 0 radical (unpaired) electrons. The van der Waals surface area contributed by atoms with E-state index in [0.717, 1.165) is 0 Å². The van der Waals surface area contributed by atoms with Crippen LogP contribution in [0.15, 0.2) is 11.5 Å². The molecule has 46 heavy (non-hydrogen) atoms. The lowest BCUT2D eigenvalue weighted by Crippen LogP contribution is -2.40. The Hall–Kier alpha value is -2.45. The first-order chi connectivity index (χ1) is 21.9. The third-order valence-corrected chi connectivity index (χ3v) is 6.73. The fourth-order valence-electron chi connectivity index (χ4n) is 3.96. The molecule has 17 nitrogen and oxygen atoms in total. The topological polar surface area (TPSA) is 285 Å². The Balaban J connectivity index is 4.13. The zero-order valence-corrected chi connectivity index (χ0v) is 26.5. The minimum Gasteiger partial charge on any atom is -0.506 e. The van der Waals surface area contributed by atoms with Gasteiger partial charge in [-0.2, -0.15) is 0 Å². The summed E-state index contributed by atoms with van der Waals surface area (Å²) in [6, 6.07) is -0.678. The van der Waals surface area contributed by atoms with E-state index in [9.17, 15) is 50.1 Å². The molecule has 0 aliphatic heterocycles. The molecule has 0 fully saturated rings. The lowest BCUT2D eigenvalue weighted by molar-refractivity contribution is -0.217. The quantitative estimate of drug-likeness (QED) is 0.0237. The van der Waals surface area contributed by atoms with E-state index < -0.39 is 74.9 Å². The summed E-state index contributed by atoms with van der Waals surface area (Å²) in [5.41, 5.74) is 0. The van der Waals surface area contributed by atoms with Crippen LogP contribution in [0.5, 0.6) is 0 Å². The van der Waals surface area contributed by atoms with Crippen molar-refractivity contribution < 1.29 is 74.6 Å². The Morgan fingerprint density at radius 3 is 1.91 bits per heavy atom. The molecule has 0 aliphatic carbocycles. The molecule has 0 bridgehead atoms. The summed E-state index contributed by atoms with van der Waals surface area (Å²) in [4.78, 5) is 36.3. The Morgan fingerprint density at radius 1 is 0.717 bits per heavy atom. The number of unbranched alkanes of at least 4 members (excludes halogenated alkanes) is 3. The number of hydrogen-bond acceptors (Lipinski definition) is 15. The summed E-state index contributed by atoms with van der Waals surface area (Å²) >= 11 is 0. The number of ether oxygens (including phenoxy) is 3. The van der Waals surface area contributed by atoms with Crippen LogP contribution in [-0.4, -0.2) is 147 Å². The molecule has 0 aliphatic rings. The van der Waals surface area contributed by atoms with Gasteiger partial charge in [-0.1, -0.05) is 0 Å². The second kappa shape index (κ2) is 26.6. The normalized spacial score (nSPS) is 16.1. The largest absolute Gasteiger partial charge is 0.506 e. The highest BCUT2D eigenvalue weighted by Gasteiger charge is 2.23. The van der Waals surface area contributed by atoms with Crippen molar-refractivity contribution in [1.82, 2.24) is 10.6 Å². The molecule has 0 saturated carbocycles. The second-order valence-electron chi connectivity index (χ2n) is 10.6. The number of amides is 2. The number of aliphatic hydroxyl groups excluding tert-OH is 9. The van der Waals surface area contributed by atoms with Gasteiger partial charge in [0.2, 0.25) is 18.1 Å². The van der Waals surface area contributed by atoms with Gasteiger partial charge in [-0.05, 0) is 51.9 Å². The molecule has 6 unspecified atom stereocenters. The molecular formula is C29H54N2O15.